The predicted molar refractivity (Wildman–Crippen MR) is 109 cm³/mol. The van der Waals surface area contributed by atoms with Crippen LogP contribution < -0.4 is 15.4 Å². The molecule has 1 atom stereocenters. The molecule has 6 heteroatoms. The van der Waals surface area contributed by atoms with E-state index in [1.165, 1.54) is 16.0 Å². The number of amides is 1. The molecular formula is C21H27N3O2S. The zero-order valence-corrected chi connectivity index (χ0v) is 16.6. The van der Waals surface area contributed by atoms with E-state index in [-0.39, 0.29) is 11.8 Å². The number of nitrogens with zero attached hydrogens (tertiary/aromatic N) is 1. The van der Waals surface area contributed by atoms with Gasteiger partial charge in [-0.05, 0) is 80.3 Å². The SMILES string of the molecule is COc1ccc2c(c1)CCCC2CC(=O)Nc1ncc(C2CCNCC2)s1. The summed E-state index contributed by atoms with van der Waals surface area (Å²) in [6, 6.07) is 6.25. The molecule has 2 aliphatic rings. The standard InChI is InChI=1S/C21H27N3O2S/c1-26-17-5-6-18-15(11-17)3-2-4-16(18)12-20(25)24-21-23-13-19(27-21)14-7-9-22-10-8-14/h5-6,11,13-14,16,22H,2-4,7-10,12H2,1H3,(H,23,24,25). The minimum atomic E-state index is 0.0647. The van der Waals surface area contributed by atoms with E-state index >= 15 is 0 Å². The Labute approximate surface area is 164 Å². The molecule has 27 heavy (non-hydrogen) atoms. The average molecular weight is 386 g/mol. The van der Waals surface area contributed by atoms with E-state index in [9.17, 15) is 4.79 Å². The van der Waals surface area contributed by atoms with Crippen LogP contribution in [0.15, 0.2) is 24.4 Å². The molecule has 1 fully saturated rings. The Kier molecular flexibility index (Phi) is 5.74. The molecule has 1 aliphatic heterocycles. The number of benzene rings is 1. The molecule has 1 saturated heterocycles. The maximum absolute atomic E-state index is 12.6. The highest BCUT2D eigenvalue weighted by Gasteiger charge is 2.24. The molecule has 1 aromatic heterocycles. The first-order chi connectivity index (χ1) is 13.2. The Morgan fingerprint density at radius 1 is 1.33 bits per heavy atom. The number of piperidine rings is 1. The van der Waals surface area contributed by atoms with Gasteiger partial charge in [0, 0.05) is 17.5 Å². The summed E-state index contributed by atoms with van der Waals surface area (Å²) in [7, 11) is 1.70. The summed E-state index contributed by atoms with van der Waals surface area (Å²) < 4.78 is 5.34. The van der Waals surface area contributed by atoms with Crippen molar-refractivity contribution < 1.29 is 9.53 Å². The van der Waals surface area contributed by atoms with Crippen molar-refractivity contribution in [2.45, 2.75) is 50.4 Å². The van der Waals surface area contributed by atoms with Crippen molar-refractivity contribution in [3.63, 3.8) is 0 Å². The van der Waals surface area contributed by atoms with Gasteiger partial charge in [0.15, 0.2) is 5.13 Å². The number of carbonyl (C=O) groups excluding carboxylic acids is 1. The number of carbonyl (C=O) groups is 1. The highest BCUT2D eigenvalue weighted by Crippen LogP contribution is 2.36. The normalized spacial score (nSPS) is 20.1. The zero-order chi connectivity index (χ0) is 18.6. The molecule has 0 bridgehead atoms. The molecule has 144 valence electrons. The van der Waals surface area contributed by atoms with Gasteiger partial charge in [-0.1, -0.05) is 6.07 Å². The van der Waals surface area contributed by atoms with Crippen LogP contribution in [0.2, 0.25) is 0 Å². The molecule has 1 aliphatic carbocycles. The van der Waals surface area contributed by atoms with Crippen LogP contribution in [0.1, 0.15) is 59.9 Å². The van der Waals surface area contributed by atoms with Crippen LogP contribution in [0.5, 0.6) is 5.75 Å². The lowest BCUT2D eigenvalue weighted by atomic mass is 9.81. The molecular weight excluding hydrogens is 358 g/mol. The van der Waals surface area contributed by atoms with Crippen LogP contribution in [0.25, 0.3) is 0 Å². The van der Waals surface area contributed by atoms with Crippen molar-refractivity contribution >= 4 is 22.4 Å². The summed E-state index contributed by atoms with van der Waals surface area (Å²) in [6.07, 6.45) is 8.01. The first-order valence-electron chi connectivity index (χ1n) is 9.86. The Hall–Kier alpha value is -1.92. The number of fused-ring (bicyclic) bond motifs is 1. The maximum Gasteiger partial charge on any atom is 0.226 e. The van der Waals surface area contributed by atoms with E-state index in [2.05, 4.69) is 27.8 Å². The molecule has 0 radical (unpaired) electrons. The molecule has 1 aromatic carbocycles. The highest BCUT2D eigenvalue weighted by molar-refractivity contribution is 7.15. The van der Waals surface area contributed by atoms with Gasteiger partial charge in [0.25, 0.3) is 0 Å². The van der Waals surface area contributed by atoms with Gasteiger partial charge in [-0.2, -0.15) is 0 Å². The average Bonchev–Trinajstić information content (AvgIpc) is 3.16. The second kappa shape index (κ2) is 8.40. The lowest BCUT2D eigenvalue weighted by Gasteiger charge is -2.25. The van der Waals surface area contributed by atoms with Crippen LogP contribution in [-0.2, 0) is 11.2 Å². The van der Waals surface area contributed by atoms with Gasteiger partial charge in [0.05, 0.1) is 7.11 Å². The van der Waals surface area contributed by atoms with Crippen molar-refractivity contribution in [2.75, 3.05) is 25.5 Å². The van der Waals surface area contributed by atoms with Crippen molar-refractivity contribution in [3.8, 4) is 5.75 Å². The Bertz CT molecular complexity index is 798. The number of aryl methyl sites for hydroxylation is 1. The summed E-state index contributed by atoms with van der Waals surface area (Å²) >= 11 is 1.63. The minimum Gasteiger partial charge on any atom is -0.497 e. The Balaban J connectivity index is 1.38. The van der Waals surface area contributed by atoms with Gasteiger partial charge >= 0.3 is 0 Å². The highest BCUT2D eigenvalue weighted by atomic mass is 32.1. The summed E-state index contributed by atoms with van der Waals surface area (Å²) in [6.45, 7) is 2.13. The quantitative estimate of drug-likeness (QED) is 0.814. The van der Waals surface area contributed by atoms with E-state index in [1.54, 1.807) is 18.4 Å². The van der Waals surface area contributed by atoms with Gasteiger partial charge in [-0.3, -0.25) is 4.79 Å². The van der Waals surface area contributed by atoms with Gasteiger partial charge < -0.3 is 15.4 Å². The summed E-state index contributed by atoms with van der Waals surface area (Å²) in [5, 5.41) is 7.16. The number of aromatic nitrogens is 1. The number of ether oxygens (including phenoxy) is 1. The van der Waals surface area contributed by atoms with Gasteiger partial charge in [0.1, 0.15) is 5.75 Å². The molecule has 0 spiro atoms. The molecule has 2 heterocycles. The van der Waals surface area contributed by atoms with Crippen LogP contribution in [0.4, 0.5) is 5.13 Å². The first kappa shape index (κ1) is 18.4. The van der Waals surface area contributed by atoms with Crippen molar-refractivity contribution in [1.29, 1.82) is 0 Å². The van der Waals surface area contributed by atoms with Crippen molar-refractivity contribution in [2.24, 2.45) is 0 Å². The van der Waals surface area contributed by atoms with E-state index in [1.807, 2.05) is 12.3 Å². The maximum atomic E-state index is 12.6. The van der Waals surface area contributed by atoms with E-state index < -0.39 is 0 Å². The van der Waals surface area contributed by atoms with E-state index in [4.69, 9.17) is 4.74 Å². The molecule has 1 unspecified atom stereocenters. The number of thiazole rings is 1. The first-order valence-corrected chi connectivity index (χ1v) is 10.7. The fraction of sp³-hybridized carbons (Fsp3) is 0.524. The molecule has 5 nitrogen and oxygen atoms in total. The monoisotopic (exact) mass is 385 g/mol. The van der Waals surface area contributed by atoms with Gasteiger partial charge in [-0.25, -0.2) is 4.98 Å². The summed E-state index contributed by atoms with van der Waals surface area (Å²) in [5.74, 6) is 1.82. The topological polar surface area (TPSA) is 63.2 Å². The predicted octanol–water partition coefficient (Wildman–Crippen LogP) is 4.07. The summed E-state index contributed by atoms with van der Waals surface area (Å²) in [5.41, 5.74) is 2.62. The van der Waals surface area contributed by atoms with Crippen LogP contribution in [0.3, 0.4) is 0 Å². The molecule has 0 saturated carbocycles. The summed E-state index contributed by atoms with van der Waals surface area (Å²) in [4.78, 5) is 18.4. The molecule has 1 amide bonds. The number of hydrogen-bond acceptors (Lipinski definition) is 5. The van der Waals surface area contributed by atoms with Crippen molar-refractivity contribution in [1.82, 2.24) is 10.3 Å². The van der Waals surface area contributed by atoms with Gasteiger partial charge in [0.2, 0.25) is 5.91 Å². The lowest BCUT2D eigenvalue weighted by molar-refractivity contribution is -0.116. The molecule has 2 aromatic rings. The largest absolute Gasteiger partial charge is 0.497 e. The molecule has 4 rings (SSSR count). The number of anilines is 1. The van der Waals surface area contributed by atoms with E-state index in [0.717, 1.165) is 56.1 Å². The minimum absolute atomic E-state index is 0.0647. The molecule has 2 N–H and O–H groups in total. The van der Waals surface area contributed by atoms with Gasteiger partial charge in [-0.15, -0.1) is 11.3 Å². The lowest BCUT2D eigenvalue weighted by Crippen LogP contribution is -2.26. The third-order valence-electron chi connectivity index (χ3n) is 5.73. The number of hydrogen-bond donors (Lipinski definition) is 2. The second-order valence-corrected chi connectivity index (χ2v) is 8.56. The Morgan fingerprint density at radius 3 is 3.00 bits per heavy atom. The van der Waals surface area contributed by atoms with Crippen molar-refractivity contribution in [3.05, 3.63) is 40.4 Å². The smallest absolute Gasteiger partial charge is 0.226 e. The number of methoxy groups -OCH3 is 1. The van der Waals surface area contributed by atoms with Crippen LogP contribution >= 0.6 is 11.3 Å². The second-order valence-electron chi connectivity index (χ2n) is 7.50. The third kappa shape index (κ3) is 4.33. The fourth-order valence-electron chi connectivity index (χ4n) is 4.26. The van der Waals surface area contributed by atoms with Crippen LogP contribution in [-0.4, -0.2) is 31.1 Å². The van der Waals surface area contributed by atoms with Crippen LogP contribution in [0, 0.1) is 0 Å². The Morgan fingerprint density at radius 2 is 2.19 bits per heavy atom. The fourth-order valence-corrected chi connectivity index (χ4v) is 5.27. The van der Waals surface area contributed by atoms with E-state index in [0.29, 0.717) is 12.3 Å². The third-order valence-corrected chi connectivity index (χ3v) is 6.81. The number of rotatable bonds is 5. The zero-order valence-electron chi connectivity index (χ0n) is 15.8. The number of nitrogens with one attached hydrogen (secondary N) is 2.